The van der Waals surface area contributed by atoms with Gasteiger partial charge in [-0.05, 0) is 70.5 Å². The van der Waals surface area contributed by atoms with Crippen molar-refractivity contribution in [3.63, 3.8) is 0 Å². The van der Waals surface area contributed by atoms with Gasteiger partial charge >= 0.3 is 11.9 Å². The highest BCUT2D eigenvalue weighted by molar-refractivity contribution is 5.96. The fourth-order valence-electron chi connectivity index (χ4n) is 8.64. The first kappa shape index (κ1) is 46.7. The Balaban J connectivity index is 1.19. The maximum atomic E-state index is 14.5. The quantitative estimate of drug-likeness (QED) is 0.0439. The van der Waals surface area contributed by atoms with E-state index in [-0.39, 0.29) is 37.9 Å². The third-order valence-electron chi connectivity index (χ3n) is 12.1. The van der Waals surface area contributed by atoms with E-state index in [4.69, 9.17) is 9.47 Å². The maximum absolute atomic E-state index is 14.5. The van der Waals surface area contributed by atoms with Crippen molar-refractivity contribution in [2.75, 3.05) is 18.1 Å². The van der Waals surface area contributed by atoms with Gasteiger partial charge in [0, 0.05) is 30.9 Å². The Bertz CT molecular complexity index is 2090. The molecule has 1 fully saturated rings. The number of fused-ring (bicyclic) bond motifs is 2. The second-order valence-electron chi connectivity index (χ2n) is 17.0. The molecule has 63 heavy (non-hydrogen) atoms. The molecule has 0 radical (unpaired) electrons. The van der Waals surface area contributed by atoms with Crippen molar-refractivity contribution in [1.82, 2.24) is 15.6 Å². The number of nitrogens with one attached hydrogen (secondary N) is 2. The number of carbonyl (C=O) groups excluding carboxylic acids is 4. The summed E-state index contributed by atoms with van der Waals surface area (Å²) in [5.41, 5.74) is 2.42. The van der Waals surface area contributed by atoms with Crippen LogP contribution < -0.4 is 15.5 Å². The molecular weight excluding hydrogens is 789 g/mol. The molecule has 2 heterocycles. The standard InChI is InChI=1S/C53H66N4O6/c1-3-5-7-9-11-17-33-62-52(60)46(37-39-23-25-41-19-13-15-21-43(41)35-39)55-50(58)48-27-28-49(57(48)45-29-31-54-32-30-45)51(59)56-47(53(61)63-34-18-12-10-8-6-4-2)38-40-24-26-42-20-14-16-22-44(42)36-40/h13-16,19-26,29-32,35-36,46-49H,3-12,17-18,27-28,33-34,37-38H2,1-2H3,(H,55,58)(H,56,59)/t46-,47+,48-,49-/m0/s1. The van der Waals surface area contributed by atoms with E-state index >= 15 is 0 Å². The second-order valence-corrected chi connectivity index (χ2v) is 17.0. The van der Waals surface area contributed by atoms with E-state index in [1.165, 1.54) is 12.8 Å². The van der Waals surface area contributed by atoms with Crippen LogP contribution in [-0.4, -0.2) is 66.1 Å². The van der Waals surface area contributed by atoms with Crippen LogP contribution >= 0.6 is 0 Å². The van der Waals surface area contributed by atoms with Crippen molar-refractivity contribution in [2.24, 2.45) is 0 Å². The third kappa shape index (κ3) is 13.9. The van der Waals surface area contributed by atoms with Crippen LogP contribution in [0.15, 0.2) is 109 Å². The number of hydrogen-bond acceptors (Lipinski definition) is 8. The number of hydrogen-bond donors (Lipinski definition) is 2. The summed E-state index contributed by atoms with van der Waals surface area (Å²) in [6.07, 6.45) is 17.1. The van der Waals surface area contributed by atoms with Gasteiger partial charge in [0.05, 0.1) is 13.2 Å². The largest absolute Gasteiger partial charge is 0.464 e. The van der Waals surface area contributed by atoms with Gasteiger partial charge in [0.15, 0.2) is 0 Å². The second kappa shape index (κ2) is 24.8. The van der Waals surface area contributed by atoms with E-state index in [0.717, 1.165) is 96.9 Å². The minimum Gasteiger partial charge on any atom is -0.464 e. The van der Waals surface area contributed by atoms with Crippen molar-refractivity contribution in [2.45, 2.75) is 141 Å². The smallest absolute Gasteiger partial charge is 0.328 e. The monoisotopic (exact) mass is 854 g/mol. The number of anilines is 1. The molecule has 6 rings (SSSR count). The summed E-state index contributed by atoms with van der Waals surface area (Å²) < 4.78 is 11.6. The lowest BCUT2D eigenvalue weighted by molar-refractivity contribution is -0.148. The fraction of sp³-hybridized carbons (Fsp3) is 0.453. The lowest BCUT2D eigenvalue weighted by Crippen LogP contribution is -2.56. The zero-order chi connectivity index (χ0) is 44.2. The molecule has 2 amide bonds. The molecule has 0 aliphatic carbocycles. The highest BCUT2D eigenvalue weighted by Gasteiger charge is 2.43. The van der Waals surface area contributed by atoms with Crippen LogP contribution in [0, 0.1) is 0 Å². The number of rotatable bonds is 25. The number of amides is 2. The van der Waals surface area contributed by atoms with Crippen LogP contribution in [0.5, 0.6) is 0 Å². The number of benzene rings is 4. The molecule has 5 aromatic rings. The van der Waals surface area contributed by atoms with Crippen molar-refractivity contribution >= 4 is 51.0 Å². The molecule has 0 saturated carbocycles. The molecule has 4 atom stereocenters. The lowest BCUT2D eigenvalue weighted by Gasteiger charge is -2.32. The molecule has 4 aromatic carbocycles. The summed E-state index contributed by atoms with van der Waals surface area (Å²) in [6.45, 7) is 4.93. The Hall–Kier alpha value is -5.77. The van der Waals surface area contributed by atoms with Gasteiger partial charge in [-0.25, -0.2) is 9.59 Å². The normalized spacial score (nSPS) is 15.8. The molecular formula is C53H66N4O6. The molecule has 1 aliphatic heterocycles. The molecule has 334 valence electrons. The molecule has 1 aromatic heterocycles. The zero-order valence-corrected chi connectivity index (χ0v) is 37.3. The summed E-state index contributed by atoms with van der Waals surface area (Å²) >= 11 is 0. The first-order chi connectivity index (χ1) is 30.8. The maximum Gasteiger partial charge on any atom is 0.328 e. The van der Waals surface area contributed by atoms with Gasteiger partial charge in [-0.15, -0.1) is 0 Å². The van der Waals surface area contributed by atoms with Crippen LogP contribution in [0.25, 0.3) is 21.5 Å². The topological polar surface area (TPSA) is 127 Å². The number of ether oxygens (including phenoxy) is 2. The van der Waals surface area contributed by atoms with Gasteiger partial charge in [0.2, 0.25) is 11.8 Å². The highest BCUT2D eigenvalue weighted by Crippen LogP contribution is 2.31. The SMILES string of the molecule is CCCCCCCCOC(=O)[C@H](Cc1ccc2ccccc2c1)NC(=O)[C@@H]1CC[C@@H](C(=O)N[C@H](Cc2ccc3ccccc3c2)C(=O)OCCCCCCCC)N1c1ccncc1. The predicted molar refractivity (Wildman–Crippen MR) is 251 cm³/mol. The zero-order valence-electron chi connectivity index (χ0n) is 37.3. The van der Waals surface area contributed by atoms with E-state index in [9.17, 15) is 19.2 Å². The Kier molecular flexibility index (Phi) is 18.4. The molecule has 0 unspecified atom stereocenters. The summed E-state index contributed by atoms with van der Waals surface area (Å²) in [5.74, 6) is -1.72. The first-order valence-electron chi connectivity index (χ1n) is 23.4. The van der Waals surface area contributed by atoms with Crippen molar-refractivity contribution in [3.8, 4) is 0 Å². The Morgan fingerprint density at radius 3 is 1.41 bits per heavy atom. The molecule has 0 spiro atoms. The number of esters is 2. The fourth-order valence-corrected chi connectivity index (χ4v) is 8.64. The van der Waals surface area contributed by atoms with Crippen LogP contribution in [-0.2, 0) is 41.5 Å². The van der Waals surface area contributed by atoms with E-state index < -0.39 is 36.1 Å². The van der Waals surface area contributed by atoms with Crippen LogP contribution in [0.3, 0.4) is 0 Å². The molecule has 10 nitrogen and oxygen atoms in total. The van der Waals surface area contributed by atoms with Crippen LogP contribution in [0.1, 0.15) is 115 Å². The minimum absolute atomic E-state index is 0.245. The molecule has 1 aliphatic rings. The number of aromatic nitrogens is 1. The van der Waals surface area contributed by atoms with Gasteiger partial charge in [0.25, 0.3) is 0 Å². The molecule has 0 bridgehead atoms. The Morgan fingerprint density at radius 1 is 0.556 bits per heavy atom. The van der Waals surface area contributed by atoms with Crippen LogP contribution in [0.2, 0.25) is 0 Å². The minimum atomic E-state index is -0.946. The third-order valence-corrected chi connectivity index (χ3v) is 12.1. The van der Waals surface area contributed by atoms with Crippen molar-refractivity contribution in [3.05, 3.63) is 121 Å². The highest BCUT2D eigenvalue weighted by atomic mass is 16.5. The van der Waals surface area contributed by atoms with Gasteiger partial charge in [0.1, 0.15) is 24.2 Å². The summed E-state index contributed by atoms with van der Waals surface area (Å²) in [5, 5.41) is 10.4. The average Bonchev–Trinajstić information content (AvgIpc) is 3.76. The van der Waals surface area contributed by atoms with Crippen LogP contribution in [0.4, 0.5) is 5.69 Å². The number of unbranched alkanes of at least 4 members (excludes halogenated alkanes) is 10. The van der Waals surface area contributed by atoms with Gasteiger partial charge < -0.3 is 25.0 Å². The van der Waals surface area contributed by atoms with Gasteiger partial charge in [-0.1, -0.05) is 163 Å². The van der Waals surface area contributed by atoms with Gasteiger partial charge in [-0.2, -0.15) is 0 Å². The first-order valence-corrected chi connectivity index (χ1v) is 23.4. The predicted octanol–water partition coefficient (Wildman–Crippen LogP) is 9.99. The molecule has 1 saturated heterocycles. The number of nitrogens with zero attached hydrogens (tertiary/aromatic N) is 2. The number of pyridine rings is 1. The van der Waals surface area contributed by atoms with Crippen molar-refractivity contribution in [1.29, 1.82) is 0 Å². The Labute approximate surface area is 373 Å². The van der Waals surface area contributed by atoms with E-state index in [0.29, 0.717) is 18.5 Å². The summed E-state index contributed by atoms with van der Waals surface area (Å²) in [4.78, 5) is 62.7. The number of carbonyl (C=O) groups is 4. The van der Waals surface area contributed by atoms with Crippen molar-refractivity contribution < 1.29 is 28.7 Å². The average molecular weight is 855 g/mol. The summed E-state index contributed by atoms with van der Waals surface area (Å²) in [7, 11) is 0. The Morgan fingerprint density at radius 2 is 0.968 bits per heavy atom. The molecule has 10 heteroatoms. The van der Waals surface area contributed by atoms with E-state index in [2.05, 4.69) is 29.5 Å². The van der Waals surface area contributed by atoms with Gasteiger partial charge in [-0.3, -0.25) is 14.6 Å². The molecule has 2 N–H and O–H groups in total. The lowest BCUT2D eigenvalue weighted by atomic mass is 10.0. The van der Waals surface area contributed by atoms with E-state index in [1.807, 2.05) is 84.9 Å². The summed E-state index contributed by atoms with van der Waals surface area (Å²) in [6, 6.07) is 28.2. The van der Waals surface area contributed by atoms with E-state index in [1.54, 1.807) is 29.4 Å².